The third kappa shape index (κ3) is 3.47. The van der Waals surface area contributed by atoms with E-state index in [9.17, 15) is 4.39 Å². The summed E-state index contributed by atoms with van der Waals surface area (Å²) in [6.07, 6.45) is -0.0395. The average Bonchev–Trinajstić information content (AvgIpc) is 2.19. The van der Waals surface area contributed by atoms with Crippen LogP contribution in [0.1, 0.15) is 13.8 Å². The minimum atomic E-state index is -0.295. The summed E-state index contributed by atoms with van der Waals surface area (Å²) < 4.78 is 19.0. The molecule has 0 saturated carbocycles. The van der Waals surface area contributed by atoms with Crippen molar-refractivity contribution in [2.45, 2.75) is 20.0 Å². The predicted molar refractivity (Wildman–Crippen MR) is 62.4 cm³/mol. The van der Waals surface area contributed by atoms with Gasteiger partial charge < -0.3 is 10.5 Å². The Morgan fingerprint density at radius 2 is 2.13 bits per heavy atom. The Bertz CT molecular complexity index is 330. The molecule has 0 aliphatic carbocycles. The van der Waals surface area contributed by atoms with Gasteiger partial charge in [0.1, 0.15) is 17.7 Å². The summed E-state index contributed by atoms with van der Waals surface area (Å²) in [4.78, 5) is 0. The summed E-state index contributed by atoms with van der Waals surface area (Å²) in [5.74, 6) is 0.669. The molecule has 1 rings (SSSR count). The Morgan fingerprint density at radius 1 is 1.47 bits per heavy atom. The summed E-state index contributed by atoms with van der Waals surface area (Å²) in [7, 11) is 0. The summed E-state index contributed by atoms with van der Waals surface area (Å²) >= 11 is 3.11. The monoisotopic (exact) mass is 275 g/mol. The second kappa shape index (κ2) is 5.47. The molecule has 0 amide bonds. The average molecular weight is 276 g/mol. The van der Waals surface area contributed by atoms with Gasteiger partial charge in [0.25, 0.3) is 0 Å². The normalized spacial score (nSPS) is 12.9. The van der Waals surface area contributed by atoms with Crippen molar-refractivity contribution in [3.05, 3.63) is 28.5 Å². The van der Waals surface area contributed by atoms with Crippen molar-refractivity contribution in [2.24, 2.45) is 11.7 Å². The highest BCUT2D eigenvalue weighted by atomic mass is 79.9. The number of ether oxygens (including phenoxy) is 1. The highest BCUT2D eigenvalue weighted by molar-refractivity contribution is 9.10. The molecule has 0 spiro atoms. The van der Waals surface area contributed by atoms with E-state index in [4.69, 9.17) is 10.5 Å². The Hall–Kier alpha value is -0.610. The number of benzene rings is 1. The molecule has 0 aliphatic heterocycles. The van der Waals surface area contributed by atoms with Gasteiger partial charge >= 0.3 is 0 Å². The first-order valence-electron chi connectivity index (χ1n) is 4.86. The third-order valence-corrected chi connectivity index (χ3v) is 2.76. The maximum Gasteiger partial charge on any atom is 0.137 e. The zero-order valence-electron chi connectivity index (χ0n) is 8.84. The van der Waals surface area contributed by atoms with Crippen molar-refractivity contribution in [3.63, 3.8) is 0 Å². The molecule has 84 valence electrons. The number of nitrogens with two attached hydrogens (primary N) is 1. The summed E-state index contributed by atoms with van der Waals surface area (Å²) in [6, 6.07) is 4.58. The largest absolute Gasteiger partial charge is 0.489 e. The number of hydrogen-bond acceptors (Lipinski definition) is 2. The number of hydrogen-bond donors (Lipinski definition) is 1. The van der Waals surface area contributed by atoms with E-state index in [0.717, 1.165) is 0 Å². The summed E-state index contributed by atoms with van der Waals surface area (Å²) in [6.45, 7) is 4.53. The van der Waals surface area contributed by atoms with Crippen LogP contribution in [0.5, 0.6) is 5.75 Å². The van der Waals surface area contributed by atoms with E-state index in [2.05, 4.69) is 15.9 Å². The van der Waals surface area contributed by atoms with Gasteiger partial charge in [0.2, 0.25) is 0 Å². The maximum atomic E-state index is 12.9. The molecule has 4 heteroatoms. The van der Waals surface area contributed by atoms with Gasteiger partial charge in [0.15, 0.2) is 0 Å². The zero-order chi connectivity index (χ0) is 11.4. The van der Waals surface area contributed by atoms with Crippen molar-refractivity contribution in [2.75, 3.05) is 6.54 Å². The van der Waals surface area contributed by atoms with Gasteiger partial charge in [-0.3, -0.25) is 0 Å². The molecule has 15 heavy (non-hydrogen) atoms. The number of halogens is 2. The van der Waals surface area contributed by atoms with Crippen molar-refractivity contribution in [1.82, 2.24) is 0 Å². The first kappa shape index (κ1) is 12.5. The highest BCUT2D eigenvalue weighted by Gasteiger charge is 2.13. The van der Waals surface area contributed by atoms with Crippen LogP contribution in [0.3, 0.4) is 0 Å². The highest BCUT2D eigenvalue weighted by Crippen LogP contribution is 2.23. The fraction of sp³-hybridized carbons (Fsp3) is 0.455. The SMILES string of the molecule is CC(C)C(CN)Oc1ccc(F)c(Br)c1. The van der Waals surface area contributed by atoms with E-state index in [1.165, 1.54) is 6.07 Å². The van der Waals surface area contributed by atoms with Crippen LogP contribution in [0.4, 0.5) is 4.39 Å². The van der Waals surface area contributed by atoms with Crippen LogP contribution in [0.15, 0.2) is 22.7 Å². The van der Waals surface area contributed by atoms with Gasteiger partial charge in [-0.05, 0) is 40.0 Å². The summed E-state index contributed by atoms with van der Waals surface area (Å²) in [5, 5.41) is 0. The molecule has 1 unspecified atom stereocenters. The lowest BCUT2D eigenvalue weighted by Gasteiger charge is -2.20. The molecule has 0 radical (unpaired) electrons. The third-order valence-electron chi connectivity index (χ3n) is 2.15. The van der Waals surface area contributed by atoms with E-state index in [-0.39, 0.29) is 11.9 Å². The molecular weight excluding hydrogens is 261 g/mol. The van der Waals surface area contributed by atoms with E-state index in [1.807, 2.05) is 13.8 Å². The molecule has 2 N–H and O–H groups in total. The lowest BCUT2D eigenvalue weighted by atomic mass is 10.1. The maximum absolute atomic E-state index is 12.9. The molecule has 0 bridgehead atoms. The first-order valence-corrected chi connectivity index (χ1v) is 5.65. The van der Waals surface area contributed by atoms with Crippen molar-refractivity contribution < 1.29 is 9.13 Å². The molecule has 1 aromatic rings. The fourth-order valence-electron chi connectivity index (χ4n) is 1.18. The number of rotatable bonds is 4. The lowest BCUT2D eigenvalue weighted by molar-refractivity contribution is 0.159. The first-order chi connectivity index (χ1) is 7.04. The molecule has 1 atom stereocenters. The van der Waals surface area contributed by atoms with Gasteiger partial charge in [0.05, 0.1) is 4.47 Å². The molecule has 0 saturated heterocycles. The lowest BCUT2D eigenvalue weighted by Crippen LogP contribution is -2.31. The van der Waals surface area contributed by atoms with Crippen molar-refractivity contribution >= 4 is 15.9 Å². The van der Waals surface area contributed by atoms with Crippen LogP contribution in [-0.2, 0) is 0 Å². The second-order valence-corrected chi connectivity index (χ2v) is 4.57. The minimum absolute atomic E-state index is 0.0395. The fourth-order valence-corrected chi connectivity index (χ4v) is 1.54. The van der Waals surface area contributed by atoms with Crippen LogP contribution < -0.4 is 10.5 Å². The molecule has 0 fully saturated rings. The second-order valence-electron chi connectivity index (χ2n) is 3.71. The van der Waals surface area contributed by atoms with E-state index >= 15 is 0 Å². The molecule has 0 heterocycles. The smallest absolute Gasteiger partial charge is 0.137 e. The molecular formula is C11H15BrFNO. The van der Waals surface area contributed by atoms with Gasteiger partial charge in [0, 0.05) is 6.54 Å². The van der Waals surface area contributed by atoms with Gasteiger partial charge in [-0.2, -0.15) is 0 Å². The van der Waals surface area contributed by atoms with Crippen LogP contribution >= 0.6 is 15.9 Å². The van der Waals surface area contributed by atoms with Crippen molar-refractivity contribution in [3.8, 4) is 5.75 Å². The Kier molecular flexibility index (Phi) is 4.54. The van der Waals surface area contributed by atoms with Gasteiger partial charge in [-0.25, -0.2) is 4.39 Å². The standard InChI is InChI=1S/C11H15BrFNO/c1-7(2)11(6-14)15-8-3-4-10(13)9(12)5-8/h3-5,7,11H,6,14H2,1-2H3. The van der Waals surface area contributed by atoms with Crippen LogP contribution in [0, 0.1) is 11.7 Å². The molecule has 0 aromatic heterocycles. The molecule has 2 nitrogen and oxygen atoms in total. The molecule has 1 aromatic carbocycles. The Labute approximate surface area is 97.7 Å². The topological polar surface area (TPSA) is 35.2 Å². The van der Waals surface area contributed by atoms with E-state index in [1.54, 1.807) is 12.1 Å². The van der Waals surface area contributed by atoms with E-state index < -0.39 is 0 Å². The van der Waals surface area contributed by atoms with E-state index in [0.29, 0.717) is 22.7 Å². The minimum Gasteiger partial charge on any atom is -0.489 e. The summed E-state index contributed by atoms with van der Waals surface area (Å²) in [5.41, 5.74) is 5.58. The van der Waals surface area contributed by atoms with Crippen LogP contribution in [0.25, 0.3) is 0 Å². The van der Waals surface area contributed by atoms with Crippen molar-refractivity contribution in [1.29, 1.82) is 0 Å². The van der Waals surface area contributed by atoms with Crippen LogP contribution in [0.2, 0.25) is 0 Å². The quantitative estimate of drug-likeness (QED) is 0.917. The Morgan fingerprint density at radius 3 is 2.60 bits per heavy atom. The predicted octanol–water partition coefficient (Wildman–Crippen LogP) is 2.95. The van der Waals surface area contributed by atoms with Crippen LogP contribution in [-0.4, -0.2) is 12.6 Å². The molecule has 0 aliphatic rings. The zero-order valence-corrected chi connectivity index (χ0v) is 10.4. The Balaban J connectivity index is 2.75. The van der Waals surface area contributed by atoms with Gasteiger partial charge in [-0.1, -0.05) is 13.8 Å². The van der Waals surface area contributed by atoms with Gasteiger partial charge in [-0.15, -0.1) is 0 Å².